The molecule has 0 aliphatic heterocycles. The van der Waals surface area contributed by atoms with Crippen LogP contribution in [-0.4, -0.2) is 26.6 Å². The van der Waals surface area contributed by atoms with Gasteiger partial charge in [-0.2, -0.15) is 4.98 Å². The van der Waals surface area contributed by atoms with Crippen molar-refractivity contribution in [2.24, 2.45) is 0 Å². The molecule has 1 saturated carbocycles. The fourth-order valence-corrected chi connectivity index (χ4v) is 4.42. The van der Waals surface area contributed by atoms with Crippen molar-refractivity contribution < 1.29 is 4.74 Å². The highest BCUT2D eigenvalue weighted by Crippen LogP contribution is 2.36. The van der Waals surface area contributed by atoms with Gasteiger partial charge < -0.3 is 15.4 Å². The van der Waals surface area contributed by atoms with E-state index >= 15 is 0 Å². The number of benzene rings is 2. The summed E-state index contributed by atoms with van der Waals surface area (Å²) in [6, 6.07) is 16.5. The molecular weight excluding hydrogens is 400 g/mol. The van der Waals surface area contributed by atoms with Crippen LogP contribution in [0.15, 0.2) is 54.7 Å². The first kappa shape index (κ1) is 20.3. The quantitative estimate of drug-likeness (QED) is 0.376. The minimum Gasteiger partial charge on any atom is -0.497 e. The van der Waals surface area contributed by atoms with E-state index in [4.69, 9.17) is 14.7 Å². The summed E-state index contributed by atoms with van der Waals surface area (Å²) in [6.07, 6.45) is 7.51. The molecule has 164 valence electrons. The topological polar surface area (TPSA) is 76.9 Å². The molecule has 0 spiro atoms. The number of aryl methyl sites for hydroxylation is 1. The number of hydrogen-bond acceptors (Lipinski definition) is 6. The van der Waals surface area contributed by atoms with Gasteiger partial charge in [0.1, 0.15) is 11.3 Å². The zero-order chi connectivity index (χ0) is 21.9. The molecule has 0 amide bonds. The molecule has 5 rings (SSSR count). The number of para-hydroxylation sites is 1. The summed E-state index contributed by atoms with van der Waals surface area (Å²) in [5.74, 6) is 2.21. The Morgan fingerprint density at radius 3 is 2.53 bits per heavy atom. The molecule has 0 radical (unpaired) electrons. The number of nitrogens with zero attached hydrogens (tertiary/aromatic N) is 4. The van der Waals surface area contributed by atoms with Gasteiger partial charge in [0.25, 0.3) is 0 Å². The molecule has 2 heterocycles. The SMILES string of the molecule is CCc1ccccc1Nc1nc2cnc(Nc3ccc(OC)cc3)nc2n1C1CCCC1. The molecule has 32 heavy (non-hydrogen) atoms. The maximum Gasteiger partial charge on any atom is 0.229 e. The van der Waals surface area contributed by atoms with Crippen LogP contribution in [0.5, 0.6) is 5.75 Å². The van der Waals surface area contributed by atoms with Gasteiger partial charge in [0.15, 0.2) is 5.65 Å². The number of methoxy groups -OCH3 is 1. The van der Waals surface area contributed by atoms with Gasteiger partial charge in [-0.05, 0) is 55.2 Å². The third-order valence-corrected chi connectivity index (χ3v) is 6.11. The molecule has 4 aromatic rings. The highest BCUT2D eigenvalue weighted by atomic mass is 16.5. The van der Waals surface area contributed by atoms with Gasteiger partial charge in [-0.1, -0.05) is 38.0 Å². The van der Waals surface area contributed by atoms with Gasteiger partial charge in [-0.15, -0.1) is 0 Å². The highest BCUT2D eigenvalue weighted by Gasteiger charge is 2.24. The number of rotatable bonds is 7. The molecule has 7 heteroatoms. The summed E-state index contributed by atoms with van der Waals surface area (Å²) in [4.78, 5) is 14.3. The summed E-state index contributed by atoms with van der Waals surface area (Å²) < 4.78 is 7.51. The van der Waals surface area contributed by atoms with Gasteiger partial charge in [0.2, 0.25) is 11.9 Å². The molecular formula is C25H28N6O. The largest absolute Gasteiger partial charge is 0.497 e. The van der Waals surface area contributed by atoms with Crippen LogP contribution in [-0.2, 0) is 6.42 Å². The third kappa shape index (κ3) is 3.98. The van der Waals surface area contributed by atoms with Crippen molar-refractivity contribution >= 4 is 34.4 Å². The first-order valence-electron chi connectivity index (χ1n) is 11.3. The van der Waals surface area contributed by atoms with Crippen molar-refractivity contribution in [2.75, 3.05) is 17.7 Å². The second-order valence-corrected chi connectivity index (χ2v) is 8.14. The third-order valence-electron chi connectivity index (χ3n) is 6.11. The molecule has 7 nitrogen and oxygen atoms in total. The van der Waals surface area contributed by atoms with Gasteiger partial charge in [-0.3, -0.25) is 4.57 Å². The van der Waals surface area contributed by atoms with Crippen molar-refractivity contribution in [3.8, 4) is 5.75 Å². The van der Waals surface area contributed by atoms with Gasteiger partial charge >= 0.3 is 0 Å². The van der Waals surface area contributed by atoms with Gasteiger partial charge in [-0.25, -0.2) is 9.97 Å². The van der Waals surface area contributed by atoms with Crippen molar-refractivity contribution in [2.45, 2.75) is 45.1 Å². The van der Waals surface area contributed by atoms with Crippen LogP contribution in [0.3, 0.4) is 0 Å². The van der Waals surface area contributed by atoms with E-state index in [1.165, 1.54) is 18.4 Å². The molecule has 0 bridgehead atoms. The predicted octanol–water partition coefficient (Wildman–Crippen LogP) is 6.00. The Kier molecular flexibility index (Phi) is 5.62. The molecule has 2 aromatic heterocycles. The second kappa shape index (κ2) is 8.86. The van der Waals surface area contributed by atoms with E-state index in [2.05, 4.69) is 51.4 Å². The van der Waals surface area contributed by atoms with E-state index in [0.29, 0.717) is 12.0 Å². The maximum absolute atomic E-state index is 5.24. The van der Waals surface area contributed by atoms with Crippen LogP contribution in [0.2, 0.25) is 0 Å². The fourth-order valence-electron chi connectivity index (χ4n) is 4.42. The van der Waals surface area contributed by atoms with Crippen molar-refractivity contribution in [1.82, 2.24) is 19.5 Å². The lowest BCUT2D eigenvalue weighted by atomic mass is 10.1. The number of nitrogens with one attached hydrogen (secondary N) is 2. The second-order valence-electron chi connectivity index (χ2n) is 8.14. The minimum absolute atomic E-state index is 0.389. The zero-order valence-electron chi connectivity index (χ0n) is 18.5. The lowest BCUT2D eigenvalue weighted by Gasteiger charge is -2.17. The van der Waals surface area contributed by atoms with E-state index in [-0.39, 0.29) is 0 Å². The van der Waals surface area contributed by atoms with Crippen LogP contribution in [0.1, 0.15) is 44.2 Å². The van der Waals surface area contributed by atoms with E-state index in [1.807, 2.05) is 24.3 Å². The first-order chi connectivity index (χ1) is 15.7. The predicted molar refractivity (Wildman–Crippen MR) is 128 cm³/mol. The Balaban J connectivity index is 1.53. The highest BCUT2D eigenvalue weighted by molar-refractivity contribution is 5.77. The van der Waals surface area contributed by atoms with Crippen molar-refractivity contribution in [3.05, 3.63) is 60.3 Å². The normalized spacial score (nSPS) is 14.1. The number of fused-ring (bicyclic) bond motifs is 1. The monoisotopic (exact) mass is 428 g/mol. The molecule has 1 aliphatic carbocycles. The van der Waals surface area contributed by atoms with Gasteiger partial charge in [0.05, 0.1) is 13.3 Å². The zero-order valence-corrected chi connectivity index (χ0v) is 18.5. The van der Waals surface area contributed by atoms with Crippen LogP contribution >= 0.6 is 0 Å². The Morgan fingerprint density at radius 1 is 1.00 bits per heavy atom. The number of imidazole rings is 1. The van der Waals surface area contributed by atoms with Crippen LogP contribution in [0.25, 0.3) is 11.2 Å². The van der Waals surface area contributed by atoms with E-state index in [0.717, 1.165) is 53.5 Å². The smallest absolute Gasteiger partial charge is 0.229 e. The molecule has 2 aromatic carbocycles. The van der Waals surface area contributed by atoms with Crippen molar-refractivity contribution in [3.63, 3.8) is 0 Å². The standard InChI is InChI=1S/C25H28N6O/c1-3-17-8-4-7-11-21(17)28-25-29-22-16-26-24(27-18-12-14-20(32-2)15-13-18)30-23(22)31(25)19-9-5-6-10-19/h4,7-8,11-16,19H,3,5-6,9-10H2,1-2H3,(H,28,29)(H,26,27,30). The molecule has 2 N–H and O–H groups in total. The Hall–Kier alpha value is -3.61. The van der Waals surface area contributed by atoms with Crippen LogP contribution < -0.4 is 15.4 Å². The minimum atomic E-state index is 0.389. The molecule has 1 fully saturated rings. The number of ether oxygens (including phenoxy) is 1. The Labute approximate surface area is 187 Å². The Morgan fingerprint density at radius 2 is 1.78 bits per heavy atom. The first-order valence-corrected chi connectivity index (χ1v) is 11.3. The summed E-state index contributed by atoms with van der Waals surface area (Å²) >= 11 is 0. The number of hydrogen-bond donors (Lipinski definition) is 2. The lowest BCUT2D eigenvalue weighted by Crippen LogP contribution is -2.10. The lowest BCUT2D eigenvalue weighted by molar-refractivity contribution is 0.415. The van der Waals surface area contributed by atoms with E-state index in [1.54, 1.807) is 13.3 Å². The van der Waals surface area contributed by atoms with Crippen LogP contribution in [0.4, 0.5) is 23.3 Å². The van der Waals surface area contributed by atoms with Gasteiger partial charge in [0, 0.05) is 17.4 Å². The maximum atomic E-state index is 5.24. The molecule has 1 aliphatic rings. The average molecular weight is 429 g/mol. The van der Waals surface area contributed by atoms with Crippen LogP contribution in [0, 0.1) is 0 Å². The summed E-state index contributed by atoms with van der Waals surface area (Å²) in [7, 11) is 1.66. The number of anilines is 4. The summed E-state index contributed by atoms with van der Waals surface area (Å²) in [5, 5.41) is 6.89. The fraction of sp³-hybridized carbons (Fsp3) is 0.320. The van der Waals surface area contributed by atoms with E-state index in [9.17, 15) is 0 Å². The number of aromatic nitrogens is 4. The van der Waals surface area contributed by atoms with Crippen molar-refractivity contribution in [1.29, 1.82) is 0 Å². The summed E-state index contributed by atoms with van der Waals surface area (Å²) in [5.41, 5.74) is 4.93. The molecule has 0 unspecified atom stereocenters. The Bertz CT molecular complexity index is 1210. The average Bonchev–Trinajstić information content (AvgIpc) is 3.47. The molecule has 0 saturated heterocycles. The summed E-state index contributed by atoms with van der Waals surface area (Å²) in [6.45, 7) is 2.17. The van der Waals surface area contributed by atoms with E-state index < -0.39 is 0 Å². The molecule has 0 atom stereocenters.